The highest BCUT2D eigenvalue weighted by Gasteiger charge is 2.12. The van der Waals surface area contributed by atoms with E-state index in [0.29, 0.717) is 24.9 Å². The Balaban J connectivity index is 2.63. The molecule has 1 aromatic heterocycles. The molecule has 2 N–H and O–H groups in total. The first-order valence-electron chi connectivity index (χ1n) is 5.59. The van der Waals surface area contributed by atoms with E-state index in [-0.39, 0.29) is 0 Å². The molecule has 0 aromatic carbocycles. The van der Waals surface area contributed by atoms with Gasteiger partial charge < -0.3 is 15.1 Å². The van der Waals surface area contributed by atoms with Crippen LogP contribution in [0.5, 0.6) is 0 Å². The van der Waals surface area contributed by atoms with Crippen LogP contribution in [-0.4, -0.2) is 29.8 Å². The monoisotopic (exact) mass is 212 g/mol. The number of nitrogens with zero attached hydrogens (tertiary/aromatic N) is 3. The lowest BCUT2D eigenvalue weighted by Gasteiger charge is -2.17. The highest BCUT2D eigenvalue weighted by molar-refractivity contribution is 5.23. The molecule has 0 aliphatic carbocycles. The Morgan fingerprint density at radius 1 is 1.20 bits per heavy atom. The van der Waals surface area contributed by atoms with Gasteiger partial charge in [0.2, 0.25) is 5.89 Å². The molecule has 0 saturated heterocycles. The molecule has 0 bridgehead atoms. The van der Waals surface area contributed by atoms with Gasteiger partial charge in [0.15, 0.2) is 0 Å². The van der Waals surface area contributed by atoms with Gasteiger partial charge in [-0.05, 0) is 12.8 Å². The first kappa shape index (κ1) is 12.0. The molecule has 0 saturated carbocycles. The van der Waals surface area contributed by atoms with E-state index in [2.05, 4.69) is 28.9 Å². The van der Waals surface area contributed by atoms with E-state index < -0.39 is 0 Å². The molecule has 5 heteroatoms. The lowest BCUT2D eigenvalue weighted by atomic mass is 10.4. The zero-order valence-electron chi connectivity index (χ0n) is 9.57. The second kappa shape index (κ2) is 6.40. The quantitative estimate of drug-likeness (QED) is 0.735. The number of hydrogen-bond acceptors (Lipinski definition) is 5. The third kappa shape index (κ3) is 3.51. The van der Waals surface area contributed by atoms with Crippen LogP contribution < -0.4 is 10.6 Å². The molecule has 0 radical (unpaired) electrons. The van der Waals surface area contributed by atoms with Gasteiger partial charge in [-0.15, -0.1) is 5.10 Å². The average molecular weight is 212 g/mol. The van der Waals surface area contributed by atoms with Crippen molar-refractivity contribution in [1.82, 2.24) is 10.2 Å². The normalized spacial score (nSPS) is 10.6. The number of nitrogens with two attached hydrogens (primary N) is 1. The third-order valence-corrected chi connectivity index (χ3v) is 2.07. The number of hydrogen-bond donors (Lipinski definition) is 1. The highest BCUT2D eigenvalue weighted by Crippen LogP contribution is 2.13. The van der Waals surface area contributed by atoms with E-state index in [1.165, 1.54) is 0 Å². The topological polar surface area (TPSA) is 68.2 Å². The largest absolute Gasteiger partial charge is 0.408 e. The number of rotatable bonds is 7. The second-order valence-electron chi connectivity index (χ2n) is 3.50. The molecule has 86 valence electrons. The maximum atomic E-state index is 5.52. The molecule has 0 aliphatic heterocycles. The van der Waals surface area contributed by atoms with Gasteiger partial charge in [0.1, 0.15) is 0 Å². The van der Waals surface area contributed by atoms with E-state index in [9.17, 15) is 0 Å². The van der Waals surface area contributed by atoms with Gasteiger partial charge in [0, 0.05) is 26.1 Å². The molecule has 15 heavy (non-hydrogen) atoms. The minimum Gasteiger partial charge on any atom is -0.408 e. The smallest absolute Gasteiger partial charge is 0.318 e. The third-order valence-electron chi connectivity index (χ3n) is 2.07. The summed E-state index contributed by atoms with van der Waals surface area (Å²) in [4.78, 5) is 2.12. The van der Waals surface area contributed by atoms with Gasteiger partial charge in [-0.3, -0.25) is 0 Å². The first-order chi connectivity index (χ1) is 7.31. The Hall–Kier alpha value is -1.10. The Kier molecular flexibility index (Phi) is 5.10. The Morgan fingerprint density at radius 2 is 1.87 bits per heavy atom. The molecule has 0 aliphatic rings. The van der Waals surface area contributed by atoms with Gasteiger partial charge >= 0.3 is 6.01 Å². The minimum absolute atomic E-state index is 0.545. The van der Waals surface area contributed by atoms with Crippen molar-refractivity contribution in [2.75, 3.05) is 24.5 Å². The lowest BCUT2D eigenvalue weighted by molar-refractivity contribution is 0.481. The van der Waals surface area contributed by atoms with Crippen LogP contribution in [0.2, 0.25) is 0 Å². The summed E-state index contributed by atoms with van der Waals surface area (Å²) in [6.45, 7) is 6.74. The first-order valence-corrected chi connectivity index (χ1v) is 5.59. The van der Waals surface area contributed by atoms with Gasteiger partial charge in [-0.1, -0.05) is 18.9 Å². The number of aromatic nitrogens is 2. The summed E-state index contributed by atoms with van der Waals surface area (Å²) in [5.41, 5.74) is 5.42. The van der Waals surface area contributed by atoms with Crippen LogP contribution in [0, 0.1) is 0 Å². The SMILES string of the molecule is CCCN(CCC)c1nnc(CCN)o1. The summed E-state index contributed by atoms with van der Waals surface area (Å²) < 4.78 is 5.52. The molecular formula is C10H20N4O. The van der Waals surface area contributed by atoms with Crippen molar-refractivity contribution in [2.24, 2.45) is 5.73 Å². The maximum absolute atomic E-state index is 5.52. The zero-order valence-corrected chi connectivity index (χ0v) is 9.57. The molecule has 1 heterocycles. The van der Waals surface area contributed by atoms with Crippen molar-refractivity contribution in [3.8, 4) is 0 Å². The van der Waals surface area contributed by atoms with Crippen LogP contribution in [0.25, 0.3) is 0 Å². The molecule has 0 unspecified atom stereocenters. The van der Waals surface area contributed by atoms with Crippen LogP contribution in [0.3, 0.4) is 0 Å². The van der Waals surface area contributed by atoms with Gasteiger partial charge in [0.05, 0.1) is 0 Å². The molecule has 5 nitrogen and oxygen atoms in total. The lowest BCUT2D eigenvalue weighted by Crippen LogP contribution is -2.25. The summed E-state index contributed by atoms with van der Waals surface area (Å²) in [5, 5.41) is 7.98. The Bertz CT molecular complexity index is 268. The Morgan fingerprint density at radius 3 is 2.40 bits per heavy atom. The van der Waals surface area contributed by atoms with Crippen LogP contribution >= 0.6 is 0 Å². The summed E-state index contributed by atoms with van der Waals surface area (Å²) in [7, 11) is 0. The zero-order chi connectivity index (χ0) is 11.1. The molecule has 0 fully saturated rings. The predicted octanol–water partition coefficient (Wildman–Crippen LogP) is 1.20. The predicted molar refractivity (Wildman–Crippen MR) is 59.9 cm³/mol. The summed E-state index contributed by atoms with van der Waals surface area (Å²) in [5.74, 6) is 0.629. The van der Waals surface area contributed by atoms with Crippen LogP contribution in [0.1, 0.15) is 32.6 Å². The van der Waals surface area contributed by atoms with Gasteiger partial charge in [0.25, 0.3) is 0 Å². The summed E-state index contributed by atoms with van der Waals surface area (Å²) in [6, 6.07) is 0.627. The van der Waals surface area contributed by atoms with E-state index in [1.807, 2.05) is 0 Å². The standard InChI is InChI=1S/C10H20N4O/c1-3-7-14(8-4-2)10-13-12-9(15-10)5-6-11/h3-8,11H2,1-2H3. The average Bonchev–Trinajstić information content (AvgIpc) is 2.67. The fraction of sp³-hybridized carbons (Fsp3) is 0.800. The van der Waals surface area contributed by atoms with E-state index in [4.69, 9.17) is 10.2 Å². The van der Waals surface area contributed by atoms with Gasteiger partial charge in [-0.25, -0.2) is 0 Å². The molecule has 0 spiro atoms. The van der Waals surface area contributed by atoms with Crippen molar-refractivity contribution in [3.05, 3.63) is 5.89 Å². The fourth-order valence-electron chi connectivity index (χ4n) is 1.44. The molecule has 1 rings (SSSR count). The Labute approximate surface area is 90.7 Å². The summed E-state index contributed by atoms with van der Waals surface area (Å²) >= 11 is 0. The fourth-order valence-corrected chi connectivity index (χ4v) is 1.44. The summed E-state index contributed by atoms with van der Waals surface area (Å²) in [6.07, 6.45) is 2.81. The van der Waals surface area contributed by atoms with Crippen LogP contribution in [0.4, 0.5) is 6.01 Å². The van der Waals surface area contributed by atoms with Crippen molar-refractivity contribution >= 4 is 6.01 Å². The molecule has 1 aromatic rings. The van der Waals surface area contributed by atoms with E-state index in [0.717, 1.165) is 25.9 Å². The van der Waals surface area contributed by atoms with Crippen LogP contribution in [0.15, 0.2) is 4.42 Å². The highest BCUT2D eigenvalue weighted by atomic mass is 16.4. The molecule has 0 atom stereocenters. The maximum Gasteiger partial charge on any atom is 0.318 e. The van der Waals surface area contributed by atoms with Gasteiger partial charge in [-0.2, -0.15) is 0 Å². The van der Waals surface area contributed by atoms with E-state index in [1.54, 1.807) is 0 Å². The molecule has 0 amide bonds. The molecular weight excluding hydrogens is 192 g/mol. The minimum atomic E-state index is 0.545. The number of anilines is 1. The van der Waals surface area contributed by atoms with Crippen molar-refractivity contribution in [2.45, 2.75) is 33.1 Å². The second-order valence-corrected chi connectivity index (χ2v) is 3.50. The van der Waals surface area contributed by atoms with Crippen molar-refractivity contribution in [1.29, 1.82) is 0 Å². The van der Waals surface area contributed by atoms with Crippen molar-refractivity contribution in [3.63, 3.8) is 0 Å². The van der Waals surface area contributed by atoms with Crippen molar-refractivity contribution < 1.29 is 4.42 Å². The van der Waals surface area contributed by atoms with Crippen LogP contribution in [-0.2, 0) is 6.42 Å². The van der Waals surface area contributed by atoms with E-state index >= 15 is 0 Å².